The van der Waals surface area contributed by atoms with E-state index in [9.17, 15) is 14.4 Å². The van der Waals surface area contributed by atoms with Gasteiger partial charge in [0.2, 0.25) is 5.91 Å². The van der Waals surface area contributed by atoms with Crippen LogP contribution < -0.4 is 5.32 Å². The highest BCUT2D eigenvalue weighted by Crippen LogP contribution is 2.22. The number of piperidine rings is 1. The molecule has 106 valence electrons. The summed E-state index contributed by atoms with van der Waals surface area (Å²) in [6.07, 6.45) is 1.13. The molecule has 0 unspecified atom stereocenters. The minimum Gasteiger partial charge on any atom is -0.343 e. The number of carbonyl (C=O) groups excluding carboxylic acids is 1. The minimum atomic E-state index is -0.672. The van der Waals surface area contributed by atoms with Gasteiger partial charge in [0, 0.05) is 32.1 Å². The summed E-state index contributed by atoms with van der Waals surface area (Å²) in [7, 11) is 0. The second kappa shape index (κ2) is 6.02. The van der Waals surface area contributed by atoms with E-state index in [4.69, 9.17) is 0 Å². The van der Waals surface area contributed by atoms with Crippen molar-refractivity contribution in [1.29, 1.82) is 5.26 Å². The Morgan fingerprint density at radius 3 is 2.65 bits per heavy atom. The Kier molecular flexibility index (Phi) is 4.35. The van der Waals surface area contributed by atoms with Crippen molar-refractivity contribution in [3.63, 3.8) is 0 Å². The van der Waals surface area contributed by atoms with Gasteiger partial charge in [-0.05, 0) is 18.9 Å². The summed E-state index contributed by atoms with van der Waals surface area (Å²) < 4.78 is 13.6. The molecule has 0 radical (unpaired) electrons. The second-order valence-electron chi connectivity index (χ2n) is 5.14. The Hall–Kier alpha value is -1.93. The Labute approximate surface area is 118 Å². The van der Waals surface area contributed by atoms with Gasteiger partial charge in [0.25, 0.3) is 0 Å². The third kappa shape index (κ3) is 3.14. The van der Waals surface area contributed by atoms with E-state index in [0.717, 1.165) is 0 Å². The highest BCUT2D eigenvalue weighted by molar-refractivity contribution is 5.73. The van der Waals surface area contributed by atoms with Crippen molar-refractivity contribution in [2.45, 2.75) is 31.8 Å². The van der Waals surface area contributed by atoms with Crippen LogP contribution in [0.3, 0.4) is 0 Å². The molecule has 1 aliphatic heterocycles. The molecule has 0 aromatic heterocycles. The van der Waals surface area contributed by atoms with Gasteiger partial charge >= 0.3 is 0 Å². The van der Waals surface area contributed by atoms with Crippen LogP contribution in [0.15, 0.2) is 24.3 Å². The molecule has 0 bridgehead atoms. The van der Waals surface area contributed by atoms with Gasteiger partial charge in [0.1, 0.15) is 11.4 Å². The minimum absolute atomic E-state index is 0.0330. The first-order valence-electron chi connectivity index (χ1n) is 6.71. The van der Waals surface area contributed by atoms with Crippen molar-refractivity contribution in [3.8, 4) is 6.07 Å². The number of rotatable bonds is 3. The molecule has 1 heterocycles. The molecule has 2 rings (SSSR count). The molecule has 1 N–H and O–H groups in total. The monoisotopic (exact) mass is 275 g/mol. The molecular weight excluding hydrogens is 257 g/mol. The lowest BCUT2D eigenvalue weighted by molar-refractivity contribution is -0.130. The van der Waals surface area contributed by atoms with Crippen molar-refractivity contribution >= 4 is 5.91 Å². The van der Waals surface area contributed by atoms with Gasteiger partial charge in [0.05, 0.1) is 6.07 Å². The predicted octanol–water partition coefficient (Wildman–Crippen LogP) is 1.82. The average Bonchev–Trinajstić information content (AvgIpc) is 2.47. The summed E-state index contributed by atoms with van der Waals surface area (Å²) in [4.78, 5) is 13.0. The van der Waals surface area contributed by atoms with Gasteiger partial charge in [-0.25, -0.2) is 4.39 Å². The zero-order valence-electron chi connectivity index (χ0n) is 11.5. The van der Waals surface area contributed by atoms with Crippen molar-refractivity contribution in [2.24, 2.45) is 0 Å². The summed E-state index contributed by atoms with van der Waals surface area (Å²) >= 11 is 0. The molecule has 1 saturated heterocycles. The third-order valence-corrected chi connectivity index (χ3v) is 3.85. The number of hydrogen-bond donors (Lipinski definition) is 1. The van der Waals surface area contributed by atoms with Crippen LogP contribution in [0.4, 0.5) is 4.39 Å². The normalized spacial score (nSPS) is 17.6. The molecule has 20 heavy (non-hydrogen) atoms. The average molecular weight is 275 g/mol. The zero-order valence-corrected chi connectivity index (χ0v) is 11.5. The predicted molar refractivity (Wildman–Crippen MR) is 73.1 cm³/mol. The molecule has 1 fully saturated rings. The van der Waals surface area contributed by atoms with Gasteiger partial charge in [-0.2, -0.15) is 5.26 Å². The number of likely N-dealkylation sites (tertiary alicyclic amines) is 1. The topological polar surface area (TPSA) is 56.1 Å². The number of benzene rings is 1. The third-order valence-electron chi connectivity index (χ3n) is 3.85. The number of halogens is 1. The van der Waals surface area contributed by atoms with Crippen LogP contribution >= 0.6 is 0 Å². The highest BCUT2D eigenvalue weighted by atomic mass is 19.1. The fraction of sp³-hybridized carbons (Fsp3) is 0.467. The van der Waals surface area contributed by atoms with Crippen molar-refractivity contribution < 1.29 is 9.18 Å². The summed E-state index contributed by atoms with van der Waals surface area (Å²) in [5.41, 5.74) is -0.120. The zero-order chi connectivity index (χ0) is 14.6. The first-order valence-corrected chi connectivity index (χ1v) is 6.71. The number of nitrogens with one attached hydrogen (secondary N) is 1. The molecule has 1 aliphatic rings. The van der Waals surface area contributed by atoms with E-state index in [1.165, 1.54) is 13.0 Å². The van der Waals surface area contributed by atoms with Gasteiger partial charge in [-0.1, -0.05) is 18.2 Å². The SMILES string of the molecule is CC(=O)N1CCC(C#N)(NCc2ccccc2F)CC1. The number of nitrogens with zero attached hydrogens (tertiary/aromatic N) is 2. The van der Waals surface area contributed by atoms with Crippen molar-refractivity contribution in [1.82, 2.24) is 10.2 Å². The maximum absolute atomic E-state index is 13.6. The number of carbonyl (C=O) groups is 1. The standard InChI is InChI=1S/C15H18FN3O/c1-12(20)19-8-6-15(11-17,7-9-19)18-10-13-4-2-3-5-14(13)16/h2-5,18H,6-10H2,1H3. The molecule has 0 aliphatic carbocycles. The molecule has 0 atom stereocenters. The lowest BCUT2D eigenvalue weighted by atomic mass is 9.88. The van der Waals surface area contributed by atoms with Gasteiger partial charge in [0.15, 0.2) is 0 Å². The van der Waals surface area contributed by atoms with Crippen molar-refractivity contribution in [3.05, 3.63) is 35.6 Å². The number of amides is 1. The molecule has 1 aromatic rings. The Bertz CT molecular complexity index is 530. The Balaban J connectivity index is 1.99. The van der Waals surface area contributed by atoms with E-state index < -0.39 is 5.54 Å². The fourth-order valence-electron chi connectivity index (χ4n) is 2.44. The quantitative estimate of drug-likeness (QED) is 0.915. The van der Waals surface area contributed by atoms with E-state index in [-0.39, 0.29) is 11.7 Å². The summed E-state index contributed by atoms with van der Waals surface area (Å²) in [5.74, 6) is -0.236. The smallest absolute Gasteiger partial charge is 0.219 e. The van der Waals surface area contributed by atoms with Gasteiger partial charge in [-0.3, -0.25) is 10.1 Å². The summed E-state index contributed by atoms with van der Waals surface area (Å²) in [6, 6.07) is 8.83. The lowest BCUT2D eigenvalue weighted by Crippen LogP contribution is -2.53. The number of nitriles is 1. The maximum Gasteiger partial charge on any atom is 0.219 e. The summed E-state index contributed by atoms with van der Waals surface area (Å²) in [6.45, 7) is 2.98. The number of hydrogen-bond acceptors (Lipinski definition) is 3. The largest absolute Gasteiger partial charge is 0.343 e. The second-order valence-corrected chi connectivity index (χ2v) is 5.14. The lowest BCUT2D eigenvalue weighted by Gasteiger charge is -2.37. The van der Waals surface area contributed by atoms with Crippen LogP contribution in [-0.2, 0) is 11.3 Å². The van der Waals surface area contributed by atoms with Crippen LogP contribution in [0.2, 0.25) is 0 Å². The molecule has 1 amide bonds. The fourth-order valence-corrected chi connectivity index (χ4v) is 2.44. The maximum atomic E-state index is 13.6. The van der Waals surface area contributed by atoms with Crippen LogP contribution in [0, 0.1) is 17.1 Å². The van der Waals surface area contributed by atoms with E-state index >= 15 is 0 Å². The van der Waals surface area contributed by atoms with E-state index in [1.807, 2.05) is 0 Å². The Morgan fingerprint density at radius 1 is 1.45 bits per heavy atom. The van der Waals surface area contributed by atoms with E-state index in [0.29, 0.717) is 38.0 Å². The van der Waals surface area contributed by atoms with Crippen LogP contribution in [0.1, 0.15) is 25.3 Å². The van der Waals surface area contributed by atoms with Gasteiger partial charge in [-0.15, -0.1) is 0 Å². The summed E-state index contributed by atoms with van der Waals surface area (Å²) in [5, 5.41) is 12.6. The Morgan fingerprint density at radius 2 is 2.10 bits per heavy atom. The molecule has 1 aromatic carbocycles. The van der Waals surface area contributed by atoms with E-state index in [1.54, 1.807) is 23.1 Å². The molecule has 4 nitrogen and oxygen atoms in total. The highest BCUT2D eigenvalue weighted by Gasteiger charge is 2.35. The van der Waals surface area contributed by atoms with Gasteiger partial charge < -0.3 is 4.90 Å². The van der Waals surface area contributed by atoms with Crippen LogP contribution in [0.25, 0.3) is 0 Å². The molecular formula is C15H18FN3O. The van der Waals surface area contributed by atoms with Crippen molar-refractivity contribution in [2.75, 3.05) is 13.1 Å². The van der Waals surface area contributed by atoms with Crippen LogP contribution in [0.5, 0.6) is 0 Å². The molecule has 0 saturated carbocycles. The molecule has 0 spiro atoms. The first-order chi connectivity index (χ1) is 9.56. The van der Waals surface area contributed by atoms with Crippen LogP contribution in [-0.4, -0.2) is 29.4 Å². The first kappa shape index (κ1) is 14.5. The molecule has 5 heteroatoms. The van der Waals surface area contributed by atoms with E-state index in [2.05, 4.69) is 11.4 Å².